The van der Waals surface area contributed by atoms with Gasteiger partial charge >= 0.3 is 13.8 Å². The fourth-order valence-electron chi connectivity index (χ4n) is 6.99. The van der Waals surface area contributed by atoms with Gasteiger partial charge in [-0.3, -0.25) is 13.8 Å². The van der Waals surface area contributed by atoms with E-state index in [9.17, 15) is 14.3 Å². The van der Waals surface area contributed by atoms with Crippen molar-refractivity contribution in [2.75, 3.05) is 54.1 Å². The molecule has 0 aromatic rings. The number of allylic oxidation sites excluding steroid dienone is 22. The number of carbonyl (C=O) groups is 1. The Morgan fingerprint density at radius 2 is 0.775 bits per heavy atom. The SMILES string of the molecule is CC/C=C\C/C=C\C/C=C\C/C=C\C/C=C\C/C=C\CCCCCCC(=O)OC(COCCCCCCCCCCCC/C=C\C/C=C\C/C=C\C/C=C\C/C=C\CC)COP(=O)(O)OCC[N+](C)(C)C. The van der Waals surface area contributed by atoms with Crippen LogP contribution in [0.2, 0.25) is 0 Å². The molecule has 0 aliphatic rings. The zero-order valence-electron chi connectivity index (χ0n) is 45.9. The lowest BCUT2D eigenvalue weighted by molar-refractivity contribution is -0.870. The molecule has 0 aliphatic carbocycles. The van der Waals surface area contributed by atoms with E-state index in [-0.39, 0.29) is 32.2 Å². The van der Waals surface area contributed by atoms with Crippen LogP contribution in [-0.4, -0.2) is 75.6 Å². The Balaban J connectivity index is 4.20. The summed E-state index contributed by atoms with van der Waals surface area (Å²) in [4.78, 5) is 23.1. The highest BCUT2D eigenvalue weighted by molar-refractivity contribution is 7.47. The molecule has 0 fully saturated rings. The predicted octanol–water partition coefficient (Wildman–Crippen LogP) is 17.8. The molecule has 0 rings (SSSR count). The number of unbranched alkanes of at least 4 members (excludes halogenated alkanes) is 14. The lowest BCUT2D eigenvalue weighted by Crippen LogP contribution is -2.37. The van der Waals surface area contributed by atoms with Crippen molar-refractivity contribution in [1.82, 2.24) is 0 Å². The van der Waals surface area contributed by atoms with Crippen LogP contribution in [0.5, 0.6) is 0 Å². The van der Waals surface area contributed by atoms with Crippen molar-refractivity contribution in [2.45, 2.75) is 200 Å². The highest BCUT2D eigenvalue weighted by Gasteiger charge is 2.26. The third kappa shape index (κ3) is 57.4. The van der Waals surface area contributed by atoms with Crippen molar-refractivity contribution in [1.29, 1.82) is 0 Å². The average Bonchev–Trinajstić information content (AvgIpc) is 3.33. The first-order chi connectivity index (χ1) is 34.6. The molecule has 2 atom stereocenters. The van der Waals surface area contributed by atoms with Gasteiger partial charge < -0.3 is 18.9 Å². The second kappa shape index (κ2) is 52.9. The topological polar surface area (TPSA) is 91.3 Å². The Labute approximate surface area is 436 Å². The summed E-state index contributed by atoms with van der Waals surface area (Å²) in [5.41, 5.74) is 0. The van der Waals surface area contributed by atoms with E-state index in [4.69, 9.17) is 18.5 Å². The van der Waals surface area contributed by atoms with Crippen LogP contribution in [0.1, 0.15) is 194 Å². The number of likely N-dealkylation sites (N-methyl/N-ethyl adjacent to an activating group) is 1. The van der Waals surface area contributed by atoms with Gasteiger partial charge in [-0.25, -0.2) is 4.57 Å². The van der Waals surface area contributed by atoms with Gasteiger partial charge in [-0.2, -0.15) is 0 Å². The number of phosphoric ester groups is 1. The van der Waals surface area contributed by atoms with Crippen LogP contribution in [0.25, 0.3) is 0 Å². The van der Waals surface area contributed by atoms with Gasteiger partial charge in [-0.1, -0.05) is 212 Å². The van der Waals surface area contributed by atoms with Gasteiger partial charge in [0.2, 0.25) is 0 Å². The number of ether oxygens (including phenoxy) is 2. The minimum Gasteiger partial charge on any atom is -0.457 e. The number of hydrogen-bond donors (Lipinski definition) is 1. The molecule has 0 saturated heterocycles. The summed E-state index contributed by atoms with van der Waals surface area (Å²) in [7, 11) is 1.62. The first-order valence-electron chi connectivity index (χ1n) is 27.9. The Bertz CT molecular complexity index is 1590. The molecule has 0 spiro atoms. The number of quaternary nitrogens is 1. The van der Waals surface area contributed by atoms with Crippen molar-refractivity contribution in [3.8, 4) is 0 Å². The van der Waals surface area contributed by atoms with Crippen LogP contribution in [0.15, 0.2) is 134 Å². The van der Waals surface area contributed by atoms with Crippen LogP contribution in [0, 0.1) is 0 Å². The quantitative estimate of drug-likeness (QED) is 0.0213. The second-order valence-corrected chi connectivity index (χ2v) is 20.7. The minimum atomic E-state index is -4.30. The number of hydrogen-bond acceptors (Lipinski definition) is 6. The third-order valence-electron chi connectivity index (χ3n) is 11.2. The van der Waals surface area contributed by atoms with E-state index in [2.05, 4.69) is 148 Å². The lowest BCUT2D eigenvalue weighted by atomic mass is 10.1. The molecule has 0 radical (unpaired) electrons. The Kier molecular flexibility index (Phi) is 50.4. The molecule has 0 aliphatic heterocycles. The molecule has 9 heteroatoms. The van der Waals surface area contributed by atoms with Crippen LogP contribution in [-0.2, 0) is 27.9 Å². The summed E-state index contributed by atoms with van der Waals surface area (Å²) in [5.74, 6) is -0.344. The molecule has 1 N–H and O–H groups in total. The fourth-order valence-corrected chi connectivity index (χ4v) is 7.74. The summed E-state index contributed by atoms with van der Waals surface area (Å²) in [6.45, 7) is 5.32. The molecule has 0 amide bonds. The normalized spacial score (nSPS) is 14.5. The molecule has 0 aromatic carbocycles. The van der Waals surface area contributed by atoms with Crippen LogP contribution < -0.4 is 0 Å². The molecule has 0 aromatic heterocycles. The number of rotatable bonds is 50. The van der Waals surface area contributed by atoms with Crippen molar-refractivity contribution >= 4 is 13.8 Å². The minimum absolute atomic E-state index is 0.0742. The lowest BCUT2D eigenvalue weighted by Gasteiger charge is -2.24. The number of phosphoric acid groups is 1. The van der Waals surface area contributed by atoms with E-state index in [0.29, 0.717) is 17.6 Å². The summed E-state index contributed by atoms with van der Waals surface area (Å²) >= 11 is 0. The molecular formula is C62H105NO7P+. The maximum Gasteiger partial charge on any atom is 0.472 e. The van der Waals surface area contributed by atoms with Gasteiger partial charge in [-0.15, -0.1) is 0 Å². The highest BCUT2D eigenvalue weighted by atomic mass is 31.2. The van der Waals surface area contributed by atoms with E-state index in [1.165, 1.54) is 57.8 Å². The molecule has 404 valence electrons. The number of nitrogens with zero attached hydrogens (tertiary/aromatic N) is 1. The van der Waals surface area contributed by atoms with Gasteiger partial charge in [0.05, 0.1) is 34.4 Å². The van der Waals surface area contributed by atoms with E-state index < -0.39 is 13.9 Å². The summed E-state index contributed by atoms with van der Waals surface area (Å²) in [6, 6.07) is 0. The van der Waals surface area contributed by atoms with Crippen LogP contribution in [0.4, 0.5) is 0 Å². The van der Waals surface area contributed by atoms with Crippen LogP contribution >= 0.6 is 7.82 Å². The first-order valence-corrected chi connectivity index (χ1v) is 29.4. The van der Waals surface area contributed by atoms with Crippen molar-refractivity contribution < 1.29 is 37.3 Å². The summed E-state index contributed by atoms with van der Waals surface area (Å²) in [5, 5.41) is 0. The first kappa shape index (κ1) is 67.6. The highest BCUT2D eigenvalue weighted by Crippen LogP contribution is 2.43. The molecule has 0 saturated carbocycles. The molecule has 2 unspecified atom stereocenters. The van der Waals surface area contributed by atoms with Crippen molar-refractivity contribution in [2.24, 2.45) is 0 Å². The van der Waals surface area contributed by atoms with E-state index in [1.807, 2.05) is 21.1 Å². The van der Waals surface area contributed by atoms with Gasteiger partial charge in [0.25, 0.3) is 0 Å². The van der Waals surface area contributed by atoms with Crippen molar-refractivity contribution in [3.05, 3.63) is 134 Å². The fraction of sp³-hybridized carbons (Fsp3) is 0.629. The largest absolute Gasteiger partial charge is 0.472 e. The molecule has 0 bridgehead atoms. The van der Waals surface area contributed by atoms with Crippen LogP contribution in [0.3, 0.4) is 0 Å². The Morgan fingerprint density at radius 3 is 1.15 bits per heavy atom. The van der Waals surface area contributed by atoms with Crippen molar-refractivity contribution in [3.63, 3.8) is 0 Å². The molecule has 71 heavy (non-hydrogen) atoms. The maximum absolute atomic E-state index is 12.8. The summed E-state index contributed by atoms with van der Waals surface area (Å²) in [6.07, 6.45) is 77.9. The monoisotopic (exact) mass is 1010 g/mol. The van der Waals surface area contributed by atoms with E-state index in [0.717, 1.165) is 116 Å². The molecular weight excluding hydrogens is 902 g/mol. The average molecular weight is 1010 g/mol. The Hall–Kier alpha value is -3.36. The Morgan fingerprint density at radius 1 is 0.437 bits per heavy atom. The zero-order valence-corrected chi connectivity index (χ0v) is 46.8. The van der Waals surface area contributed by atoms with Gasteiger partial charge in [0.1, 0.15) is 19.3 Å². The summed E-state index contributed by atoms with van der Waals surface area (Å²) < 4.78 is 35.2. The number of carbonyl (C=O) groups excluding carboxylic acids is 1. The standard InChI is InChI=1S/C62H104NO7P/c1-6-8-10-12-14-16-18-20-22-24-26-28-30-31-32-34-36-38-40-42-44-46-48-50-52-54-57-67-59-61(60-69-71(65,66)68-58-56-63(3,4)5)70-62(64)55-53-51-49-47-45-43-41-39-37-35-33-29-27-25-23-21-19-17-15-13-11-9-7-2/h8-11,14-17,20-23,26-29,31-32,35,37,41,43,61H,6-7,12-13,18-19,24-25,30,33-34,36,38-40,42,44-60H2,1-5H3/p+1/b10-8-,11-9-,16-14-,17-15-,22-20-,23-21-,28-26-,29-27-,32-31-,37-35-,43-41-. The maximum atomic E-state index is 12.8. The third-order valence-corrected chi connectivity index (χ3v) is 12.2. The smallest absolute Gasteiger partial charge is 0.457 e. The molecule has 0 heterocycles. The second-order valence-electron chi connectivity index (χ2n) is 19.2. The van der Waals surface area contributed by atoms with E-state index in [1.54, 1.807) is 0 Å². The molecule has 8 nitrogen and oxygen atoms in total. The van der Waals surface area contributed by atoms with Gasteiger partial charge in [-0.05, 0) is 109 Å². The van der Waals surface area contributed by atoms with E-state index >= 15 is 0 Å². The van der Waals surface area contributed by atoms with Gasteiger partial charge in [0, 0.05) is 13.0 Å². The predicted molar refractivity (Wildman–Crippen MR) is 306 cm³/mol. The van der Waals surface area contributed by atoms with Gasteiger partial charge in [0.15, 0.2) is 0 Å². The zero-order chi connectivity index (χ0) is 51.9. The number of esters is 1.